The van der Waals surface area contributed by atoms with Crippen molar-refractivity contribution in [1.29, 1.82) is 0 Å². The molecule has 35 heavy (non-hydrogen) atoms. The van der Waals surface area contributed by atoms with Crippen molar-refractivity contribution in [3.8, 4) is 11.5 Å². The maximum atomic E-state index is 12.4. The van der Waals surface area contributed by atoms with Crippen molar-refractivity contribution in [3.05, 3.63) is 89.7 Å². The van der Waals surface area contributed by atoms with Crippen LogP contribution in [0.3, 0.4) is 0 Å². The topological polar surface area (TPSA) is 66.9 Å². The number of methoxy groups -OCH3 is 1. The van der Waals surface area contributed by atoms with Crippen LogP contribution in [0.2, 0.25) is 0 Å². The number of amides is 1. The van der Waals surface area contributed by atoms with Crippen LogP contribution in [0.5, 0.6) is 11.5 Å². The van der Waals surface area contributed by atoms with E-state index in [1.165, 1.54) is 11.1 Å². The Morgan fingerprint density at radius 3 is 2.31 bits per heavy atom. The second-order valence-electron chi connectivity index (χ2n) is 8.93. The Kier molecular flexibility index (Phi) is 8.70. The number of aromatic nitrogens is 1. The molecule has 1 aromatic heterocycles. The molecule has 2 aromatic carbocycles. The van der Waals surface area contributed by atoms with Gasteiger partial charge in [0, 0.05) is 57.2 Å². The minimum absolute atomic E-state index is 0.143. The number of rotatable bonds is 10. The maximum Gasteiger partial charge on any atom is 0.251 e. The fourth-order valence-corrected chi connectivity index (χ4v) is 4.16. The number of nitrogens with one attached hydrogen (secondary N) is 1. The van der Waals surface area contributed by atoms with E-state index in [1.807, 2.05) is 43.6 Å². The van der Waals surface area contributed by atoms with Crippen LogP contribution >= 0.6 is 0 Å². The number of carbonyl (C=O) groups excluding carboxylic acids is 1. The number of hydrogen-bond acceptors (Lipinski definition) is 6. The molecule has 7 heteroatoms. The number of benzene rings is 2. The average molecular weight is 475 g/mol. The molecule has 4 rings (SSSR count). The van der Waals surface area contributed by atoms with Crippen LogP contribution in [0.1, 0.15) is 28.4 Å². The predicted octanol–water partition coefficient (Wildman–Crippen LogP) is 3.61. The van der Waals surface area contributed by atoms with E-state index >= 15 is 0 Å². The molecule has 0 bridgehead atoms. The molecule has 1 aliphatic rings. The Morgan fingerprint density at radius 1 is 0.943 bits per heavy atom. The van der Waals surface area contributed by atoms with Crippen LogP contribution < -0.4 is 14.8 Å². The first kappa shape index (κ1) is 24.7. The predicted molar refractivity (Wildman–Crippen MR) is 137 cm³/mol. The van der Waals surface area contributed by atoms with E-state index in [-0.39, 0.29) is 12.0 Å². The van der Waals surface area contributed by atoms with E-state index in [0.717, 1.165) is 45.0 Å². The lowest BCUT2D eigenvalue weighted by Crippen LogP contribution is -2.45. The monoisotopic (exact) mass is 474 g/mol. The zero-order chi connectivity index (χ0) is 24.5. The van der Waals surface area contributed by atoms with Crippen molar-refractivity contribution in [3.63, 3.8) is 0 Å². The second-order valence-corrected chi connectivity index (χ2v) is 8.93. The van der Waals surface area contributed by atoms with Gasteiger partial charge < -0.3 is 14.8 Å². The fraction of sp³-hybridized carbons (Fsp3) is 0.357. The molecule has 2 heterocycles. The second kappa shape index (κ2) is 12.3. The van der Waals surface area contributed by atoms with Crippen molar-refractivity contribution in [2.75, 3.05) is 39.8 Å². The Balaban J connectivity index is 1.18. The molecule has 3 aromatic rings. The van der Waals surface area contributed by atoms with E-state index in [4.69, 9.17) is 9.47 Å². The number of piperazine rings is 1. The molecule has 1 saturated heterocycles. The van der Waals surface area contributed by atoms with Crippen molar-refractivity contribution < 1.29 is 14.3 Å². The highest BCUT2D eigenvalue weighted by atomic mass is 16.5. The molecule has 184 valence electrons. The Labute approximate surface area is 207 Å². The van der Waals surface area contributed by atoms with Gasteiger partial charge in [0.2, 0.25) is 0 Å². The molecule has 1 aliphatic heterocycles. The van der Waals surface area contributed by atoms with Gasteiger partial charge in [0.05, 0.1) is 13.7 Å². The Morgan fingerprint density at radius 2 is 1.66 bits per heavy atom. The van der Waals surface area contributed by atoms with Gasteiger partial charge in [0.25, 0.3) is 5.91 Å². The summed E-state index contributed by atoms with van der Waals surface area (Å²) in [6.07, 6.45) is 3.62. The van der Waals surface area contributed by atoms with Gasteiger partial charge in [-0.2, -0.15) is 0 Å². The molecular weight excluding hydrogens is 440 g/mol. The number of carbonyl (C=O) groups is 1. The van der Waals surface area contributed by atoms with Crippen molar-refractivity contribution in [1.82, 2.24) is 20.1 Å². The zero-order valence-electron chi connectivity index (χ0n) is 20.5. The Bertz CT molecular complexity index is 1070. The first-order chi connectivity index (χ1) is 17.1. The van der Waals surface area contributed by atoms with Crippen LogP contribution in [0.25, 0.3) is 0 Å². The number of hydrogen-bond donors (Lipinski definition) is 1. The van der Waals surface area contributed by atoms with Crippen molar-refractivity contribution in [2.24, 2.45) is 0 Å². The minimum Gasteiger partial charge on any atom is -0.497 e. The molecule has 7 nitrogen and oxygen atoms in total. The molecular formula is C28H34N4O3. The number of pyridine rings is 1. The lowest BCUT2D eigenvalue weighted by Gasteiger charge is -2.34. The van der Waals surface area contributed by atoms with E-state index in [9.17, 15) is 4.79 Å². The quantitative estimate of drug-likeness (QED) is 0.484. The number of ether oxygens (including phenoxy) is 2. The van der Waals surface area contributed by atoms with Gasteiger partial charge in [-0.05, 0) is 54.4 Å². The summed E-state index contributed by atoms with van der Waals surface area (Å²) in [6.45, 7) is 8.51. The summed E-state index contributed by atoms with van der Waals surface area (Å²) in [5.74, 6) is 1.32. The molecule has 1 atom stereocenters. The van der Waals surface area contributed by atoms with Crippen molar-refractivity contribution >= 4 is 5.91 Å². The van der Waals surface area contributed by atoms with Gasteiger partial charge in [-0.25, -0.2) is 0 Å². The van der Waals surface area contributed by atoms with E-state index in [2.05, 4.69) is 38.3 Å². The van der Waals surface area contributed by atoms with Gasteiger partial charge in [0.15, 0.2) is 0 Å². The molecule has 1 amide bonds. The minimum atomic E-state index is -0.150. The standard InChI is InChI=1S/C28H34N4O3/c1-22(18-30-28(33)25-6-3-7-27(17-25)34-2)35-26-10-8-23(9-11-26)20-31-13-15-32(16-14-31)21-24-5-4-12-29-19-24/h3-12,17,19,22H,13-16,18,20-21H2,1-2H3,(H,30,33)/t22-/m0/s1. The first-order valence-corrected chi connectivity index (χ1v) is 12.1. The summed E-state index contributed by atoms with van der Waals surface area (Å²) in [5, 5.41) is 2.92. The third-order valence-electron chi connectivity index (χ3n) is 6.14. The third-order valence-corrected chi connectivity index (χ3v) is 6.14. The van der Waals surface area contributed by atoms with Gasteiger partial charge in [0.1, 0.15) is 17.6 Å². The van der Waals surface area contributed by atoms with Crippen LogP contribution in [-0.4, -0.2) is 66.6 Å². The molecule has 0 radical (unpaired) electrons. The van der Waals surface area contributed by atoms with E-state index in [1.54, 1.807) is 25.3 Å². The smallest absolute Gasteiger partial charge is 0.251 e. The van der Waals surface area contributed by atoms with Crippen LogP contribution in [0.15, 0.2) is 73.1 Å². The van der Waals surface area contributed by atoms with Crippen LogP contribution in [-0.2, 0) is 13.1 Å². The first-order valence-electron chi connectivity index (χ1n) is 12.1. The largest absolute Gasteiger partial charge is 0.497 e. The molecule has 0 unspecified atom stereocenters. The van der Waals surface area contributed by atoms with Gasteiger partial charge in [-0.15, -0.1) is 0 Å². The van der Waals surface area contributed by atoms with Crippen molar-refractivity contribution in [2.45, 2.75) is 26.1 Å². The maximum absolute atomic E-state index is 12.4. The van der Waals surface area contributed by atoms with Crippen LogP contribution in [0, 0.1) is 0 Å². The van der Waals surface area contributed by atoms with Gasteiger partial charge in [-0.1, -0.05) is 24.3 Å². The van der Waals surface area contributed by atoms with Crippen LogP contribution in [0.4, 0.5) is 0 Å². The molecule has 0 saturated carbocycles. The molecule has 0 spiro atoms. The fourth-order valence-electron chi connectivity index (χ4n) is 4.16. The van der Waals surface area contributed by atoms with Gasteiger partial charge >= 0.3 is 0 Å². The summed E-state index contributed by atoms with van der Waals surface area (Å²) < 4.78 is 11.2. The highest BCUT2D eigenvalue weighted by Gasteiger charge is 2.17. The average Bonchev–Trinajstić information content (AvgIpc) is 2.90. The molecule has 1 fully saturated rings. The SMILES string of the molecule is COc1cccc(C(=O)NC[C@H](C)Oc2ccc(CN3CCN(Cc4cccnc4)CC3)cc2)c1. The molecule has 1 N–H and O–H groups in total. The highest BCUT2D eigenvalue weighted by molar-refractivity contribution is 5.94. The summed E-state index contributed by atoms with van der Waals surface area (Å²) in [6, 6.07) is 19.5. The highest BCUT2D eigenvalue weighted by Crippen LogP contribution is 2.17. The summed E-state index contributed by atoms with van der Waals surface area (Å²) in [4.78, 5) is 21.6. The lowest BCUT2D eigenvalue weighted by molar-refractivity contribution is 0.0932. The van der Waals surface area contributed by atoms with E-state index in [0.29, 0.717) is 17.9 Å². The summed E-state index contributed by atoms with van der Waals surface area (Å²) in [5.41, 5.74) is 3.11. The Hall–Kier alpha value is -3.42. The van der Waals surface area contributed by atoms with Gasteiger partial charge in [-0.3, -0.25) is 19.6 Å². The number of nitrogens with zero attached hydrogens (tertiary/aromatic N) is 3. The zero-order valence-corrected chi connectivity index (χ0v) is 20.5. The summed E-state index contributed by atoms with van der Waals surface area (Å²) in [7, 11) is 1.59. The summed E-state index contributed by atoms with van der Waals surface area (Å²) >= 11 is 0. The normalized spacial score (nSPS) is 15.4. The molecule has 0 aliphatic carbocycles. The third kappa shape index (κ3) is 7.53. The lowest BCUT2D eigenvalue weighted by atomic mass is 10.1. The van der Waals surface area contributed by atoms with E-state index < -0.39 is 0 Å².